The Morgan fingerprint density at radius 3 is 2.62 bits per heavy atom. The lowest BCUT2D eigenvalue weighted by atomic mass is 10.1. The zero-order valence-electron chi connectivity index (χ0n) is 13.6. The standard InChI is InChI=1S/C16H20N4O4/c1-3-11-4-6-12(7-5-11)14-19-15(24-20-14)10(2)18-16(23)17-9-8-13(21)22/h4-7,10H,3,8-9H2,1-2H3,(H,21,22)(H2,17,18,23). The highest BCUT2D eigenvalue weighted by Gasteiger charge is 2.17. The van der Waals surface area contributed by atoms with Gasteiger partial charge in [-0.05, 0) is 18.9 Å². The molecule has 0 bridgehead atoms. The highest BCUT2D eigenvalue weighted by Crippen LogP contribution is 2.19. The fourth-order valence-electron chi connectivity index (χ4n) is 2.01. The van der Waals surface area contributed by atoms with Crippen molar-refractivity contribution in [2.45, 2.75) is 32.7 Å². The van der Waals surface area contributed by atoms with Crippen LogP contribution < -0.4 is 10.6 Å². The average Bonchev–Trinajstić information content (AvgIpc) is 3.04. The average molecular weight is 332 g/mol. The van der Waals surface area contributed by atoms with Crippen molar-refractivity contribution < 1.29 is 19.2 Å². The molecule has 0 radical (unpaired) electrons. The zero-order valence-corrected chi connectivity index (χ0v) is 13.6. The SMILES string of the molecule is CCc1ccc(-c2noc(C(C)NC(=O)NCCC(=O)O)n2)cc1. The summed E-state index contributed by atoms with van der Waals surface area (Å²) in [6.07, 6.45) is 0.815. The van der Waals surface area contributed by atoms with Crippen molar-refractivity contribution in [1.82, 2.24) is 20.8 Å². The summed E-state index contributed by atoms with van der Waals surface area (Å²) in [4.78, 5) is 26.3. The van der Waals surface area contributed by atoms with E-state index in [1.54, 1.807) is 6.92 Å². The highest BCUT2D eigenvalue weighted by molar-refractivity contribution is 5.75. The van der Waals surface area contributed by atoms with Gasteiger partial charge in [0.25, 0.3) is 0 Å². The van der Waals surface area contributed by atoms with E-state index in [0.717, 1.165) is 12.0 Å². The first kappa shape index (κ1) is 17.5. The van der Waals surface area contributed by atoms with E-state index >= 15 is 0 Å². The molecule has 1 heterocycles. The number of aliphatic carboxylic acids is 1. The van der Waals surface area contributed by atoms with Gasteiger partial charge in [0.15, 0.2) is 0 Å². The molecular formula is C16H20N4O4. The normalized spacial score (nSPS) is 11.8. The molecule has 0 spiro atoms. The van der Waals surface area contributed by atoms with Crippen LogP contribution in [0.1, 0.15) is 37.8 Å². The van der Waals surface area contributed by atoms with Crippen LogP contribution in [0.4, 0.5) is 4.79 Å². The van der Waals surface area contributed by atoms with E-state index < -0.39 is 18.0 Å². The van der Waals surface area contributed by atoms with Gasteiger partial charge in [-0.3, -0.25) is 4.79 Å². The summed E-state index contributed by atoms with van der Waals surface area (Å²) < 4.78 is 5.18. The third-order valence-corrected chi connectivity index (χ3v) is 3.40. The minimum atomic E-state index is -0.973. The first-order valence-electron chi connectivity index (χ1n) is 7.68. The number of hydrogen-bond acceptors (Lipinski definition) is 5. The lowest BCUT2D eigenvalue weighted by Crippen LogP contribution is -2.38. The molecule has 1 atom stereocenters. The Bertz CT molecular complexity index is 696. The molecule has 128 valence electrons. The second-order valence-electron chi connectivity index (χ2n) is 5.27. The van der Waals surface area contributed by atoms with Crippen molar-refractivity contribution >= 4 is 12.0 Å². The predicted molar refractivity (Wildman–Crippen MR) is 86.3 cm³/mol. The van der Waals surface area contributed by atoms with Gasteiger partial charge in [-0.1, -0.05) is 36.3 Å². The number of aryl methyl sites for hydroxylation is 1. The van der Waals surface area contributed by atoms with Crippen LogP contribution >= 0.6 is 0 Å². The molecular weight excluding hydrogens is 312 g/mol. The lowest BCUT2D eigenvalue weighted by Gasteiger charge is -2.10. The fraction of sp³-hybridized carbons (Fsp3) is 0.375. The molecule has 0 saturated heterocycles. The van der Waals surface area contributed by atoms with Gasteiger partial charge in [0.2, 0.25) is 11.7 Å². The van der Waals surface area contributed by atoms with Crippen LogP contribution in [0.2, 0.25) is 0 Å². The fourth-order valence-corrected chi connectivity index (χ4v) is 2.01. The maximum atomic E-state index is 11.7. The molecule has 8 nitrogen and oxygen atoms in total. The number of rotatable bonds is 7. The van der Waals surface area contributed by atoms with Gasteiger partial charge in [0.1, 0.15) is 6.04 Å². The Morgan fingerprint density at radius 1 is 1.29 bits per heavy atom. The van der Waals surface area contributed by atoms with E-state index in [9.17, 15) is 9.59 Å². The van der Waals surface area contributed by atoms with Crippen molar-refractivity contribution in [3.05, 3.63) is 35.7 Å². The first-order valence-corrected chi connectivity index (χ1v) is 7.68. The van der Waals surface area contributed by atoms with E-state index in [1.165, 1.54) is 5.56 Å². The molecule has 0 fully saturated rings. The predicted octanol–water partition coefficient (Wildman–Crippen LogP) is 2.13. The molecule has 2 rings (SSSR count). The number of carboxylic acid groups (broad SMARTS) is 1. The van der Waals surface area contributed by atoms with E-state index in [1.807, 2.05) is 24.3 Å². The van der Waals surface area contributed by atoms with Crippen LogP contribution in [0, 0.1) is 0 Å². The van der Waals surface area contributed by atoms with Gasteiger partial charge < -0.3 is 20.3 Å². The summed E-state index contributed by atoms with van der Waals surface area (Å²) in [5.41, 5.74) is 2.05. The van der Waals surface area contributed by atoms with Gasteiger partial charge in [0.05, 0.1) is 6.42 Å². The molecule has 1 unspecified atom stereocenters. The van der Waals surface area contributed by atoms with Crippen LogP contribution in [0.15, 0.2) is 28.8 Å². The summed E-state index contributed by atoms with van der Waals surface area (Å²) in [7, 11) is 0. The number of nitrogens with one attached hydrogen (secondary N) is 2. The van der Waals surface area contributed by atoms with Gasteiger partial charge in [-0.25, -0.2) is 4.79 Å². The van der Waals surface area contributed by atoms with Gasteiger partial charge in [-0.2, -0.15) is 4.98 Å². The Kier molecular flexibility index (Phi) is 5.89. The Morgan fingerprint density at radius 2 is 2.00 bits per heavy atom. The number of nitrogens with zero attached hydrogens (tertiary/aromatic N) is 2. The number of carbonyl (C=O) groups is 2. The van der Waals surface area contributed by atoms with Gasteiger partial charge >= 0.3 is 12.0 Å². The third-order valence-electron chi connectivity index (χ3n) is 3.40. The van der Waals surface area contributed by atoms with Crippen molar-refractivity contribution in [1.29, 1.82) is 0 Å². The summed E-state index contributed by atoms with van der Waals surface area (Å²) in [6, 6.07) is 6.86. The third kappa shape index (κ3) is 4.80. The number of carboxylic acids is 1. The van der Waals surface area contributed by atoms with Crippen LogP contribution in [0.5, 0.6) is 0 Å². The molecule has 2 aromatic rings. The van der Waals surface area contributed by atoms with E-state index in [4.69, 9.17) is 9.63 Å². The van der Waals surface area contributed by atoms with E-state index in [2.05, 4.69) is 27.7 Å². The second-order valence-corrected chi connectivity index (χ2v) is 5.27. The highest BCUT2D eigenvalue weighted by atomic mass is 16.5. The summed E-state index contributed by atoms with van der Waals surface area (Å²) in [6.45, 7) is 3.83. The minimum Gasteiger partial charge on any atom is -0.481 e. The summed E-state index contributed by atoms with van der Waals surface area (Å²) in [5.74, 6) is -0.246. The van der Waals surface area contributed by atoms with Crippen LogP contribution in [0.25, 0.3) is 11.4 Å². The second kappa shape index (κ2) is 8.09. The quantitative estimate of drug-likeness (QED) is 0.715. The molecule has 8 heteroatoms. The molecule has 0 aliphatic carbocycles. The Labute approximate surface area is 139 Å². The lowest BCUT2D eigenvalue weighted by molar-refractivity contribution is -0.136. The van der Waals surface area contributed by atoms with Gasteiger partial charge in [0, 0.05) is 12.1 Å². The number of amides is 2. The topological polar surface area (TPSA) is 117 Å². The molecule has 1 aromatic heterocycles. The molecule has 0 aliphatic heterocycles. The van der Waals surface area contributed by atoms with E-state index in [-0.39, 0.29) is 18.9 Å². The van der Waals surface area contributed by atoms with Crippen molar-refractivity contribution in [3.8, 4) is 11.4 Å². The smallest absolute Gasteiger partial charge is 0.315 e. The van der Waals surface area contributed by atoms with Crippen molar-refractivity contribution in [2.24, 2.45) is 0 Å². The molecule has 0 aliphatic rings. The number of carbonyl (C=O) groups excluding carboxylic acids is 1. The van der Waals surface area contributed by atoms with Crippen LogP contribution in [0.3, 0.4) is 0 Å². The Hall–Kier alpha value is -2.90. The van der Waals surface area contributed by atoms with E-state index in [0.29, 0.717) is 5.82 Å². The number of aromatic nitrogens is 2. The number of benzene rings is 1. The number of urea groups is 1. The molecule has 0 saturated carbocycles. The maximum absolute atomic E-state index is 11.7. The zero-order chi connectivity index (χ0) is 17.5. The molecule has 3 N–H and O–H groups in total. The maximum Gasteiger partial charge on any atom is 0.315 e. The largest absolute Gasteiger partial charge is 0.481 e. The Balaban J connectivity index is 1.93. The van der Waals surface area contributed by atoms with Crippen LogP contribution in [-0.4, -0.2) is 33.8 Å². The first-order chi connectivity index (χ1) is 11.5. The summed E-state index contributed by atoms with van der Waals surface area (Å²) in [5, 5.41) is 17.5. The summed E-state index contributed by atoms with van der Waals surface area (Å²) >= 11 is 0. The van der Waals surface area contributed by atoms with Crippen LogP contribution in [-0.2, 0) is 11.2 Å². The molecule has 1 aromatic carbocycles. The minimum absolute atomic E-state index is 0.0484. The molecule has 2 amide bonds. The van der Waals surface area contributed by atoms with Crippen molar-refractivity contribution in [3.63, 3.8) is 0 Å². The number of hydrogen-bond donors (Lipinski definition) is 3. The monoisotopic (exact) mass is 332 g/mol. The molecule has 24 heavy (non-hydrogen) atoms. The van der Waals surface area contributed by atoms with Gasteiger partial charge in [-0.15, -0.1) is 0 Å². The van der Waals surface area contributed by atoms with Crippen molar-refractivity contribution in [2.75, 3.05) is 6.54 Å².